The lowest BCUT2D eigenvalue weighted by Crippen LogP contribution is -2.32. The third kappa shape index (κ3) is 4.26. The number of hydrogen-bond donors (Lipinski definition) is 1. The Morgan fingerprint density at radius 3 is 2.39 bits per heavy atom. The van der Waals surface area contributed by atoms with Crippen LogP contribution in [0.2, 0.25) is 0 Å². The molecule has 0 unspecified atom stereocenters. The molecule has 0 spiro atoms. The Bertz CT molecular complexity index is 1040. The summed E-state index contributed by atoms with van der Waals surface area (Å²) < 4.78 is 31.8. The van der Waals surface area contributed by atoms with Gasteiger partial charge in [0.1, 0.15) is 15.2 Å². The van der Waals surface area contributed by atoms with Gasteiger partial charge in [0.25, 0.3) is 5.91 Å². The Morgan fingerprint density at radius 2 is 1.79 bits per heavy atom. The molecule has 0 bridgehead atoms. The van der Waals surface area contributed by atoms with E-state index in [0.717, 1.165) is 5.56 Å². The fraction of sp³-hybridized carbons (Fsp3) is 0.190. The zero-order valence-electron chi connectivity index (χ0n) is 15.6. The lowest BCUT2D eigenvalue weighted by molar-refractivity contribution is 0.0953. The maximum Gasteiger partial charge on any atom is 0.251 e. The van der Waals surface area contributed by atoms with E-state index in [0.29, 0.717) is 16.9 Å². The normalized spacial score (nSPS) is 12.4. The Labute approximate surface area is 168 Å². The van der Waals surface area contributed by atoms with Crippen molar-refractivity contribution in [3.63, 3.8) is 0 Å². The first-order valence-corrected chi connectivity index (χ1v) is 11.1. The second-order valence-corrected chi connectivity index (χ2v) is 9.57. The van der Waals surface area contributed by atoms with Crippen molar-refractivity contribution >= 4 is 27.1 Å². The third-order valence-corrected chi connectivity index (χ3v) is 8.01. The standard InChI is InChI=1S/C21H21NO4S2/c1-15-6-3-4-7-18(15)21(23)22-14-19(16-9-11-17(26-2)12-10-16)28(24,25)20-8-5-13-27-20/h3-13,19H,14H2,1-2H3,(H,22,23)/t19-/m0/s1. The largest absolute Gasteiger partial charge is 0.497 e. The highest BCUT2D eigenvalue weighted by molar-refractivity contribution is 7.93. The van der Waals surface area contributed by atoms with E-state index in [1.54, 1.807) is 61.0 Å². The van der Waals surface area contributed by atoms with Crippen molar-refractivity contribution in [2.75, 3.05) is 13.7 Å². The first-order valence-electron chi connectivity index (χ1n) is 8.68. The van der Waals surface area contributed by atoms with Crippen LogP contribution < -0.4 is 10.1 Å². The van der Waals surface area contributed by atoms with E-state index in [9.17, 15) is 13.2 Å². The fourth-order valence-corrected chi connectivity index (χ4v) is 5.77. The third-order valence-electron chi connectivity index (χ3n) is 4.48. The smallest absolute Gasteiger partial charge is 0.251 e. The molecule has 0 fully saturated rings. The molecule has 3 aromatic rings. The van der Waals surface area contributed by atoms with Gasteiger partial charge in [0.05, 0.1) is 7.11 Å². The molecule has 1 N–H and O–H groups in total. The molecule has 5 nitrogen and oxygen atoms in total. The quantitative estimate of drug-likeness (QED) is 0.633. The Morgan fingerprint density at radius 1 is 1.07 bits per heavy atom. The highest BCUT2D eigenvalue weighted by atomic mass is 32.2. The van der Waals surface area contributed by atoms with Gasteiger partial charge in [0.15, 0.2) is 9.84 Å². The number of nitrogens with one attached hydrogen (secondary N) is 1. The molecule has 146 valence electrons. The summed E-state index contributed by atoms with van der Waals surface area (Å²) in [7, 11) is -2.10. The molecule has 2 aromatic carbocycles. The highest BCUT2D eigenvalue weighted by Crippen LogP contribution is 2.32. The summed E-state index contributed by atoms with van der Waals surface area (Å²) in [6.07, 6.45) is 0. The molecule has 1 aromatic heterocycles. The summed E-state index contributed by atoms with van der Waals surface area (Å²) in [5.41, 5.74) is 1.96. The van der Waals surface area contributed by atoms with Crippen LogP contribution >= 0.6 is 11.3 Å². The van der Waals surface area contributed by atoms with E-state index in [2.05, 4.69) is 5.32 Å². The summed E-state index contributed by atoms with van der Waals surface area (Å²) in [4.78, 5) is 12.6. The highest BCUT2D eigenvalue weighted by Gasteiger charge is 2.30. The predicted molar refractivity (Wildman–Crippen MR) is 111 cm³/mol. The average molecular weight is 416 g/mol. The van der Waals surface area contributed by atoms with Gasteiger partial charge in [-0.15, -0.1) is 11.3 Å². The molecule has 0 aliphatic heterocycles. The fourth-order valence-electron chi connectivity index (χ4n) is 2.90. The van der Waals surface area contributed by atoms with Gasteiger partial charge in [0, 0.05) is 12.1 Å². The van der Waals surface area contributed by atoms with Crippen molar-refractivity contribution in [2.45, 2.75) is 16.4 Å². The molecule has 0 saturated carbocycles. The van der Waals surface area contributed by atoms with Gasteiger partial charge >= 0.3 is 0 Å². The number of rotatable bonds is 7. The van der Waals surface area contributed by atoms with Gasteiger partial charge in [0.2, 0.25) is 0 Å². The van der Waals surface area contributed by atoms with Crippen molar-refractivity contribution in [3.05, 3.63) is 82.7 Å². The predicted octanol–water partition coefficient (Wildman–Crippen LogP) is 4.01. The maximum absolute atomic E-state index is 13.2. The first-order chi connectivity index (χ1) is 13.4. The number of hydrogen-bond acceptors (Lipinski definition) is 5. The van der Waals surface area contributed by atoms with E-state index >= 15 is 0 Å². The Kier molecular flexibility index (Phi) is 6.16. The van der Waals surface area contributed by atoms with Crippen LogP contribution in [0, 0.1) is 6.92 Å². The lowest BCUT2D eigenvalue weighted by Gasteiger charge is -2.19. The van der Waals surface area contributed by atoms with E-state index < -0.39 is 15.1 Å². The number of sulfone groups is 1. The molecule has 3 rings (SSSR count). The minimum Gasteiger partial charge on any atom is -0.497 e. The minimum absolute atomic E-state index is 0.0280. The zero-order chi connectivity index (χ0) is 20.1. The van der Waals surface area contributed by atoms with E-state index in [1.807, 2.05) is 19.1 Å². The molecular formula is C21H21NO4S2. The number of carbonyl (C=O) groups is 1. The summed E-state index contributed by atoms with van der Waals surface area (Å²) in [5.74, 6) is 0.345. The van der Waals surface area contributed by atoms with Gasteiger partial charge in [-0.05, 0) is 47.7 Å². The zero-order valence-corrected chi connectivity index (χ0v) is 17.2. The first kappa shape index (κ1) is 20.1. The number of methoxy groups -OCH3 is 1. The molecule has 0 radical (unpaired) electrons. The van der Waals surface area contributed by atoms with Crippen molar-refractivity contribution < 1.29 is 17.9 Å². The lowest BCUT2D eigenvalue weighted by atomic mass is 10.1. The van der Waals surface area contributed by atoms with Crippen LogP contribution in [0.5, 0.6) is 5.75 Å². The van der Waals surface area contributed by atoms with Gasteiger partial charge in [-0.1, -0.05) is 36.4 Å². The molecule has 0 saturated heterocycles. The van der Waals surface area contributed by atoms with E-state index in [4.69, 9.17) is 4.74 Å². The number of thiophene rings is 1. The van der Waals surface area contributed by atoms with E-state index in [-0.39, 0.29) is 16.7 Å². The van der Waals surface area contributed by atoms with Gasteiger partial charge in [-0.25, -0.2) is 8.42 Å². The average Bonchev–Trinajstić information content (AvgIpc) is 3.24. The van der Waals surface area contributed by atoms with Crippen LogP contribution in [-0.2, 0) is 9.84 Å². The molecule has 0 aliphatic rings. The molecule has 28 heavy (non-hydrogen) atoms. The second kappa shape index (κ2) is 8.58. The van der Waals surface area contributed by atoms with Crippen LogP contribution in [0.15, 0.2) is 70.3 Å². The summed E-state index contributed by atoms with van der Waals surface area (Å²) in [6.45, 7) is 1.82. The number of aryl methyl sites for hydroxylation is 1. The van der Waals surface area contributed by atoms with Crippen molar-refractivity contribution in [1.29, 1.82) is 0 Å². The second-order valence-electron chi connectivity index (χ2n) is 6.26. The van der Waals surface area contributed by atoms with Gasteiger partial charge < -0.3 is 10.1 Å². The summed E-state index contributed by atoms with van der Waals surface area (Å²) in [5, 5.41) is 3.62. The van der Waals surface area contributed by atoms with Crippen LogP contribution in [0.25, 0.3) is 0 Å². The van der Waals surface area contributed by atoms with Crippen molar-refractivity contribution in [1.82, 2.24) is 5.32 Å². The van der Waals surface area contributed by atoms with Crippen molar-refractivity contribution in [2.24, 2.45) is 0 Å². The number of carbonyl (C=O) groups excluding carboxylic acids is 1. The molecule has 1 atom stereocenters. The molecule has 0 aliphatic carbocycles. The van der Waals surface area contributed by atoms with Crippen LogP contribution in [0.1, 0.15) is 26.7 Å². The van der Waals surface area contributed by atoms with Crippen LogP contribution in [-0.4, -0.2) is 28.0 Å². The van der Waals surface area contributed by atoms with E-state index in [1.165, 1.54) is 11.3 Å². The number of benzene rings is 2. The summed E-state index contributed by atoms with van der Waals surface area (Å²) in [6, 6.07) is 17.4. The number of amides is 1. The van der Waals surface area contributed by atoms with Gasteiger partial charge in [-0.3, -0.25) is 4.79 Å². The molecule has 7 heteroatoms. The Hall–Kier alpha value is -2.64. The van der Waals surface area contributed by atoms with Crippen LogP contribution in [0.4, 0.5) is 0 Å². The minimum atomic E-state index is -3.66. The maximum atomic E-state index is 13.2. The van der Waals surface area contributed by atoms with Crippen molar-refractivity contribution in [3.8, 4) is 5.75 Å². The van der Waals surface area contributed by atoms with Crippen LogP contribution in [0.3, 0.4) is 0 Å². The molecule has 1 amide bonds. The monoisotopic (exact) mass is 415 g/mol. The molecule has 1 heterocycles. The summed E-state index contributed by atoms with van der Waals surface area (Å²) >= 11 is 1.17. The Balaban J connectivity index is 1.90. The number of ether oxygens (including phenoxy) is 1. The topological polar surface area (TPSA) is 72.5 Å². The molecular weight excluding hydrogens is 394 g/mol. The SMILES string of the molecule is COc1ccc([C@H](CNC(=O)c2ccccc2C)S(=O)(=O)c2cccs2)cc1. The van der Waals surface area contributed by atoms with Gasteiger partial charge in [-0.2, -0.15) is 0 Å².